The van der Waals surface area contributed by atoms with Gasteiger partial charge in [0.15, 0.2) is 5.96 Å². The lowest BCUT2D eigenvalue weighted by Crippen LogP contribution is -2.48. The Bertz CT molecular complexity index is 570. The number of nitrogens with zero attached hydrogens (tertiary/aromatic N) is 5. The molecule has 2 rings (SSSR count). The number of aliphatic imine (C=N–C) groups is 1. The zero-order valence-corrected chi connectivity index (χ0v) is 19.6. The Morgan fingerprint density at radius 1 is 1.38 bits per heavy atom. The Morgan fingerprint density at radius 3 is 2.54 bits per heavy atom. The molecule has 1 aromatic heterocycles. The van der Waals surface area contributed by atoms with Crippen LogP contribution < -0.4 is 10.6 Å². The molecular formula is C18H36IN7. The van der Waals surface area contributed by atoms with E-state index in [-0.39, 0.29) is 30.0 Å². The van der Waals surface area contributed by atoms with Crippen LogP contribution in [0.2, 0.25) is 0 Å². The Hall–Kier alpha value is -0.870. The molecule has 8 heteroatoms. The van der Waals surface area contributed by atoms with Crippen molar-refractivity contribution in [3.63, 3.8) is 0 Å². The molecule has 3 unspecified atom stereocenters. The molecule has 1 aliphatic heterocycles. The molecule has 0 amide bonds. The van der Waals surface area contributed by atoms with Crippen LogP contribution in [-0.4, -0.2) is 78.4 Å². The fourth-order valence-electron chi connectivity index (χ4n) is 3.39. The molecular weight excluding hydrogens is 441 g/mol. The summed E-state index contributed by atoms with van der Waals surface area (Å²) in [5, 5.41) is 11.4. The summed E-state index contributed by atoms with van der Waals surface area (Å²) in [5.74, 6) is 1.49. The number of halogens is 1. The van der Waals surface area contributed by atoms with Gasteiger partial charge in [0.1, 0.15) is 0 Å². The Morgan fingerprint density at radius 2 is 2.08 bits per heavy atom. The summed E-state index contributed by atoms with van der Waals surface area (Å²) < 4.78 is 1.85. The highest BCUT2D eigenvalue weighted by molar-refractivity contribution is 14.0. The van der Waals surface area contributed by atoms with Crippen LogP contribution in [0.1, 0.15) is 32.4 Å². The van der Waals surface area contributed by atoms with E-state index in [1.165, 1.54) is 5.56 Å². The highest BCUT2D eigenvalue weighted by atomic mass is 127. The minimum Gasteiger partial charge on any atom is -0.354 e. The molecule has 3 atom stereocenters. The molecule has 1 aromatic rings. The molecule has 0 spiro atoms. The van der Waals surface area contributed by atoms with E-state index in [1.54, 1.807) is 0 Å². The van der Waals surface area contributed by atoms with Crippen LogP contribution >= 0.6 is 24.0 Å². The van der Waals surface area contributed by atoms with Crippen molar-refractivity contribution in [2.24, 2.45) is 18.0 Å². The van der Waals surface area contributed by atoms with E-state index >= 15 is 0 Å². The topological polar surface area (TPSA) is 60.7 Å². The first-order valence-electron chi connectivity index (χ1n) is 9.18. The first-order chi connectivity index (χ1) is 11.8. The number of aryl methyl sites for hydroxylation is 1. The van der Waals surface area contributed by atoms with Gasteiger partial charge >= 0.3 is 0 Å². The smallest absolute Gasteiger partial charge is 0.191 e. The second-order valence-corrected chi connectivity index (χ2v) is 7.66. The fraction of sp³-hybridized carbons (Fsp3) is 0.778. The van der Waals surface area contributed by atoms with Crippen LogP contribution in [0, 0.1) is 5.92 Å². The summed E-state index contributed by atoms with van der Waals surface area (Å²) in [5.41, 5.74) is 1.20. The highest BCUT2D eigenvalue weighted by Gasteiger charge is 2.31. The maximum Gasteiger partial charge on any atom is 0.191 e. The number of aromatic nitrogens is 2. The highest BCUT2D eigenvalue weighted by Crippen LogP contribution is 2.19. The number of hydrogen-bond acceptors (Lipinski definition) is 4. The predicted octanol–water partition coefficient (Wildman–Crippen LogP) is 1.53. The Kier molecular flexibility index (Phi) is 9.32. The first kappa shape index (κ1) is 23.2. The van der Waals surface area contributed by atoms with Gasteiger partial charge in [-0.1, -0.05) is 6.92 Å². The molecule has 1 fully saturated rings. The van der Waals surface area contributed by atoms with Gasteiger partial charge in [-0.3, -0.25) is 14.6 Å². The largest absolute Gasteiger partial charge is 0.354 e. The monoisotopic (exact) mass is 477 g/mol. The molecule has 26 heavy (non-hydrogen) atoms. The van der Waals surface area contributed by atoms with E-state index in [1.807, 2.05) is 25.0 Å². The minimum absolute atomic E-state index is 0. The first-order valence-corrected chi connectivity index (χ1v) is 9.18. The molecule has 150 valence electrons. The molecule has 0 aromatic carbocycles. The number of guanidine groups is 1. The summed E-state index contributed by atoms with van der Waals surface area (Å²) in [7, 11) is 7.97. The third-order valence-electron chi connectivity index (χ3n) is 5.11. The SMILES string of the molecule is CN=C(NCC(c1cnn(C)c1)N(C)C)NC1CN(C(C)C)CC1C.I. The lowest BCUT2D eigenvalue weighted by Gasteiger charge is -2.26. The van der Waals surface area contributed by atoms with Crippen molar-refractivity contribution in [2.45, 2.75) is 38.9 Å². The molecule has 1 saturated heterocycles. The van der Waals surface area contributed by atoms with Gasteiger partial charge < -0.3 is 15.5 Å². The Labute approximate surface area is 175 Å². The zero-order valence-electron chi connectivity index (χ0n) is 17.2. The number of nitrogens with one attached hydrogen (secondary N) is 2. The van der Waals surface area contributed by atoms with Gasteiger partial charge in [0.05, 0.1) is 12.2 Å². The number of likely N-dealkylation sites (tertiary alicyclic amines) is 1. The summed E-state index contributed by atoms with van der Waals surface area (Å²) in [6, 6.07) is 1.28. The van der Waals surface area contributed by atoms with Crippen LogP contribution in [0.15, 0.2) is 17.4 Å². The second-order valence-electron chi connectivity index (χ2n) is 7.66. The Balaban J connectivity index is 0.00000338. The van der Waals surface area contributed by atoms with Crippen LogP contribution in [0.4, 0.5) is 0 Å². The van der Waals surface area contributed by atoms with E-state index in [0.29, 0.717) is 18.0 Å². The van der Waals surface area contributed by atoms with Crippen LogP contribution in [0.25, 0.3) is 0 Å². The van der Waals surface area contributed by atoms with E-state index in [0.717, 1.165) is 25.6 Å². The van der Waals surface area contributed by atoms with Crippen molar-refractivity contribution in [3.8, 4) is 0 Å². The van der Waals surface area contributed by atoms with Crippen molar-refractivity contribution < 1.29 is 0 Å². The van der Waals surface area contributed by atoms with Crippen molar-refractivity contribution in [1.29, 1.82) is 0 Å². The van der Waals surface area contributed by atoms with E-state index < -0.39 is 0 Å². The lowest BCUT2D eigenvalue weighted by molar-refractivity contribution is 0.265. The number of likely N-dealkylation sites (N-methyl/N-ethyl adjacent to an activating group) is 1. The minimum atomic E-state index is 0. The zero-order chi connectivity index (χ0) is 18.6. The molecule has 0 bridgehead atoms. The second kappa shape index (κ2) is 10.5. The van der Waals surface area contributed by atoms with Gasteiger partial charge in [0, 0.05) is 57.6 Å². The van der Waals surface area contributed by atoms with Gasteiger partial charge in [-0.05, 0) is 33.9 Å². The van der Waals surface area contributed by atoms with Gasteiger partial charge in [-0.15, -0.1) is 24.0 Å². The van der Waals surface area contributed by atoms with Crippen LogP contribution in [0.5, 0.6) is 0 Å². The standard InChI is InChI=1S/C18H35N7.HI/c1-13(2)25-10-14(3)16(12-25)22-18(19-4)20-9-17(23(5)6)15-8-21-24(7)11-15;/h8,11,13-14,16-17H,9-10,12H2,1-7H3,(H2,19,20,22);1H. The van der Waals surface area contributed by atoms with Crippen molar-refractivity contribution in [1.82, 2.24) is 30.2 Å². The molecule has 0 saturated carbocycles. The molecule has 7 nitrogen and oxygen atoms in total. The third kappa shape index (κ3) is 6.09. The van der Waals surface area contributed by atoms with Crippen molar-refractivity contribution in [2.75, 3.05) is 40.8 Å². The summed E-state index contributed by atoms with van der Waals surface area (Å²) in [6.45, 7) is 9.83. The fourth-order valence-corrected chi connectivity index (χ4v) is 3.39. The maximum absolute atomic E-state index is 4.42. The molecule has 2 heterocycles. The quantitative estimate of drug-likeness (QED) is 0.370. The average molecular weight is 477 g/mol. The van der Waals surface area contributed by atoms with Gasteiger partial charge in [-0.25, -0.2) is 0 Å². The summed E-state index contributed by atoms with van der Waals surface area (Å²) in [4.78, 5) is 9.15. The molecule has 1 aliphatic rings. The van der Waals surface area contributed by atoms with E-state index in [2.05, 4.69) is 71.6 Å². The van der Waals surface area contributed by atoms with Crippen LogP contribution in [0.3, 0.4) is 0 Å². The lowest BCUT2D eigenvalue weighted by atomic mass is 10.1. The van der Waals surface area contributed by atoms with Gasteiger partial charge in [0.2, 0.25) is 0 Å². The van der Waals surface area contributed by atoms with Crippen LogP contribution in [-0.2, 0) is 7.05 Å². The van der Waals surface area contributed by atoms with E-state index in [4.69, 9.17) is 0 Å². The van der Waals surface area contributed by atoms with Gasteiger partial charge in [-0.2, -0.15) is 5.10 Å². The molecule has 2 N–H and O–H groups in total. The van der Waals surface area contributed by atoms with Crippen molar-refractivity contribution in [3.05, 3.63) is 18.0 Å². The summed E-state index contributed by atoms with van der Waals surface area (Å²) >= 11 is 0. The number of hydrogen-bond donors (Lipinski definition) is 2. The predicted molar refractivity (Wildman–Crippen MR) is 119 cm³/mol. The third-order valence-corrected chi connectivity index (χ3v) is 5.11. The molecule has 0 radical (unpaired) electrons. The van der Waals surface area contributed by atoms with Crippen molar-refractivity contribution >= 4 is 29.9 Å². The summed E-state index contributed by atoms with van der Waals surface area (Å²) in [6.07, 6.45) is 4.00. The van der Waals surface area contributed by atoms with Gasteiger partial charge in [0.25, 0.3) is 0 Å². The number of rotatable bonds is 6. The normalized spacial score (nSPS) is 22.6. The van der Waals surface area contributed by atoms with E-state index in [9.17, 15) is 0 Å². The maximum atomic E-state index is 4.42. The molecule has 0 aliphatic carbocycles. The average Bonchev–Trinajstić information content (AvgIpc) is 3.12.